The smallest absolute Gasteiger partial charge is 0.0642 e. The van der Waals surface area contributed by atoms with Gasteiger partial charge in [-0.25, -0.2) is 0 Å². The third-order valence-corrected chi connectivity index (χ3v) is 4.88. The minimum atomic E-state index is 0.641. The number of morpholine rings is 1. The molecular formula is C18H28N2O. The van der Waals surface area contributed by atoms with Crippen molar-refractivity contribution in [2.24, 2.45) is 5.41 Å². The molecule has 1 N–H and O–H groups in total. The molecule has 3 nitrogen and oxygen atoms in total. The molecule has 0 unspecified atom stereocenters. The van der Waals surface area contributed by atoms with Crippen LogP contribution in [0.4, 0.5) is 5.69 Å². The molecule has 2 fully saturated rings. The number of nitrogens with one attached hydrogen (secondary N) is 1. The highest BCUT2D eigenvalue weighted by atomic mass is 16.5. The normalized spacial score (nSPS) is 20.5. The summed E-state index contributed by atoms with van der Waals surface area (Å²) in [5.41, 5.74) is 3.36. The topological polar surface area (TPSA) is 24.5 Å². The van der Waals surface area contributed by atoms with Crippen LogP contribution in [0.5, 0.6) is 0 Å². The maximum Gasteiger partial charge on any atom is 0.0642 e. The van der Waals surface area contributed by atoms with Gasteiger partial charge in [0, 0.05) is 31.9 Å². The quantitative estimate of drug-likeness (QED) is 0.834. The average molecular weight is 288 g/mol. The lowest BCUT2D eigenvalue weighted by molar-refractivity contribution is 0.122. The lowest BCUT2D eigenvalue weighted by Crippen LogP contribution is -2.36. The van der Waals surface area contributed by atoms with Gasteiger partial charge in [0.25, 0.3) is 0 Å². The number of benzene rings is 1. The fraction of sp³-hybridized carbons (Fsp3) is 0.667. The highest BCUT2D eigenvalue weighted by Gasteiger charge is 2.40. The van der Waals surface area contributed by atoms with Crippen molar-refractivity contribution in [1.29, 1.82) is 0 Å². The first-order valence-electron chi connectivity index (χ1n) is 8.44. The number of anilines is 1. The van der Waals surface area contributed by atoms with E-state index in [1.807, 2.05) is 0 Å². The summed E-state index contributed by atoms with van der Waals surface area (Å²) >= 11 is 0. The first kappa shape index (κ1) is 14.9. The molecule has 21 heavy (non-hydrogen) atoms. The van der Waals surface area contributed by atoms with E-state index < -0.39 is 0 Å². The van der Waals surface area contributed by atoms with Crippen LogP contribution in [0, 0.1) is 5.41 Å². The minimum Gasteiger partial charge on any atom is -0.378 e. The SMILES string of the molecule is CCCC1(CNCc2ccc(N3CCOCC3)cc2)CC1. The highest BCUT2D eigenvalue weighted by molar-refractivity contribution is 5.47. The van der Waals surface area contributed by atoms with Gasteiger partial charge in [0.05, 0.1) is 13.2 Å². The first-order chi connectivity index (χ1) is 10.3. The maximum atomic E-state index is 5.40. The zero-order chi connectivity index (χ0) is 14.5. The molecule has 1 saturated carbocycles. The van der Waals surface area contributed by atoms with Gasteiger partial charge in [-0.05, 0) is 42.4 Å². The number of ether oxygens (including phenoxy) is 1. The Morgan fingerprint density at radius 3 is 2.48 bits per heavy atom. The number of hydrogen-bond donors (Lipinski definition) is 1. The van der Waals surface area contributed by atoms with Gasteiger partial charge in [0.1, 0.15) is 0 Å². The van der Waals surface area contributed by atoms with E-state index in [1.54, 1.807) is 0 Å². The number of rotatable bonds is 7. The van der Waals surface area contributed by atoms with Crippen molar-refractivity contribution in [2.75, 3.05) is 37.7 Å². The van der Waals surface area contributed by atoms with Gasteiger partial charge >= 0.3 is 0 Å². The molecule has 1 aliphatic heterocycles. The fourth-order valence-corrected chi connectivity index (χ4v) is 3.34. The summed E-state index contributed by atoms with van der Waals surface area (Å²) in [6.07, 6.45) is 5.54. The predicted octanol–water partition coefficient (Wildman–Crippen LogP) is 3.19. The molecule has 116 valence electrons. The molecule has 1 aromatic carbocycles. The molecule has 1 aliphatic carbocycles. The lowest BCUT2D eigenvalue weighted by atomic mass is 10.0. The van der Waals surface area contributed by atoms with E-state index in [2.05, 4.69) is 41.4 Å². The van der Waals surface area contributed by atoms with Crippen LogP contribution in [0.1, 0.15) is 38.2 Å². The number of hydrogen-bond acceptors (Lipinski definition) is 3. The van der Waals surface area contributed by atoms with Crippen molar-refractivity contribution in [3.63, 3.8) is 0 Å². The van der Waals surface area contributed by atoms with E-state index in [9.17, 15) is 0 Å². The summed E-state index contributed by atoms with van der Waals surface area (Å²) in [6, 6.07) is 9.02. The molecule has 2 aliphatic rings. The van der Waals surface area contributed by atoms with Gasteiger partial charge in [-0.15, -0.1) is 0 Å². The zero-order valence-corrected chi connectivity index (χ0v) is 13.2. The molecule has 3 heteroatoms. The van der Waals surface area contributed by atoms with Crippen LogP contribution in [0.25, 0.3) is 0 Å². The van der Waals surface area contributed by atoms with Crippen molar-refractivity contribution < 1.29 is 4.74 Å². The van der Waals surface area contributed by atoms with Crippen LogP contribution in [0.2, 0.25) is 0 Å². The summed E-state index contributed by atoms with van der Waals surface area (Å²) in [5, 5.41) is 3.65. The van der Waals surface area contributed by atoms with E-state index in [4.69, 9.17) is 4.74 Å². The molecule has 1 aromatic rings. The summed E-state index contributed by atoms with van der Waals surface area (Å²) in [6.45, 7) is 8.20. The van der Waals surface area contributed by atoms with Gasteiger partial charge in [0.2, 0.25) is 0 Å². The van der Waals surface area contributed by atoms with Crippen molar-refractivity contribution in [2.45, 2.75) is 39.2 Å². The van der Waals surface area contributed by atoms with Gasteiger partial charge in [0.15, 0.2) is 0 Å². The molecule has 0 atom stereocenters. The molecule has 0 radical (unpaired) electrons. The Labute approximate surface area is 128 Å². The van der Waals surface area contributed by atoms with Crippen molar-refractivity contribution in [3.05, 3.63) is 29.8 Å². The second kappa shape index (κ2) is 6.80. The Hall–Kier alpha value is -1.06. The van der Waals surface area contributed by atoms with Crippen molar-refractivity contribution >= 4 is 5.69 Å². The molecule has 3 rings (SSSR count). The summed E-state index contributed by atoms with van der Waals surface area (Å²) in [7, 11) is 0. The molecule has 1 saturated heterocycles. The van der Waals surface area contributed by atoms with Gasteiger partial charge in [-0.2, -0.15) is 0 Å². The Morgan fingerprint density at radius 1 is 1.14 bits per heavy atom. The summed E-state index contributed by atoms with van der Waals surface area (Å²) < 4.78 is 5.40. The van der Waals surface area contributed by atoms with Crippen molar-refractivity contribution in [1.82, 2.24) is 5.32 Å². The highest BCUT2D eigenvalue weighted by Crippen LogP contribution is 2.48. The Morgan fingerprint density at radius 2 is 1.86 bits per heavy atom. The molecular weight excluding hydrogens is 260 g/mol. The zero-order valence-electron chi connectivity index (χ0n) is 13.2. The minimum absolute atomic E-state index is 0.641. The maximum absolute atomic E-state index is 5.40. The standard InChI is InChI=1S/C18H28N2O/c1-2-7-18(8-9-18)15-19-14-16-3-5-17(6-4-16)20-10-12-21-13-11-20/h3-6,19H,2,7-15H2,1H3. The van der Waals surface area contributed by atoms with Gasteiger partial charge < -0.3 is 15.0 Å². The second-order valence-corrected chi connectivity index (χ2v) is 6.62. The van der Waals surface area contributed by atoms with E-state index in [1.165, 1.54) is 43.5 Å². The Balaban J connectivity index is 1.46. The first-order valence-corrected chi connectivity index (χ1v) is 8.44. The lowest BCUT2D eigenvalue weighted by Gasteiger charge is -2.29. The summed E-state index contributed by atoms with van der Waals surface area (Å²) in [4.78, 5) is 2.40. The van der Waals surface area contributed by atoms with E-state index in [0.29, 0.717) is 5.41 Å². The monoisotopic (exact) mass is 288 g/mol. The summed E-state index contributed by atoms with van der Waals surface area (Å²) in [5.74, 6) is 0. The van der Waals surface area contributed by atoms with Crippen LogP contribution in [0.3, 0.4) is 0 Å². The molecule has 0 bridgehead atoms. The molecule has 1 heterocycles. The molecule has 0 amide bonds. The third-order valence-electron chi connectivity index (χ3n) is 4.88. The largest absolute Gasteiger partial charge is 0.378 e. The third kappa shape index (κ3) is 3.98. The Bertz CT molecular complexity index is 433. The van der Waals surface area contributed by atoms with Crippen LogP contribution in [-0.2, 0) is 11.3 Å². The van der Waals surface area contributed by atoms with Gasteiger partial charge in [-0.1, -0.05) is 25.5 Å². The fourth-order valence-electron chi connectivity index (χ4n) is 3.34. The van der Waals surface area contributed by atoms with E-state index >= 15 is 0 Å². The van der Waals surface area contributed by atoms with Crippen LogP contribution >= 0.6 is 0 Å². The predicted molar refractivity (Wildman–Crippen MR) is 87.8 cm³/mol. The Kier molecular flexibility index (Phi) is 4.81. The van der Waals surface area contributed by atoms with Crippen LogP contribution in [0.15, 0.2) is 24.3 Å². The molecule has 0 spiro atoms. The van der Waals surface area contributed by atoms with E-state index in [-0.39, 0.29) is 0 Å². The average Bonchev–Trinajstić information content (AvgIpc) is 3.29. The van der Waals surface area contributed by atoms with E-state index in [0.717, 1.165) is 32.8 Å². The van der Waals surface area contributed by atoms with Crippen LogP contribution < -0.4 is 10.2 Å². The van der Waals surface area contributed by atoms with Crippen molar-refractivity contribution in [3.8, 4) is 0 Å². The van der Waals surface area contributed by atoms with Crippen LogP contribution in [-0.4, -0.2) is 32.8 Å². The number of nitrogens with zero attached hydrogens (tertiary/aromatic N) is 1. The molecule has 0 aromatic heterocycles. The van der Waals surface area contributed by atoms with Gasteiger partial charge in [-0.3, -0.25) is 0 Å². The second-order valence-electron chi connectivity index (χ2n) is 6.62.